The molecule has 4 aromatic carbocycles. The van der Waals surface area contributed by atoms with Gasteiger partial charge in [-0.05, 0) is 178 Å². The first-order valence-electron chi connectivity index (χ1n) is 19.4. The third-order valence-corrected chi connectivity index (χ3v) is 13.2. The zero-order chi connectivity index (χ0) is 35.1. The van der Waals surface area contributed by atoms with Crippen molar-refractivity contribution in [3.8, 4) is 67.0 Å². The van der Waals surface area contributed by atoms with Crippen molar-refractivity contribution in [2.75, 3.05) is 0 Å². The third-order valence-electron chi connectivity index (χ3n) is 13.2. The normalized spacial score (nSPS) is 23.3. The van der Waals surface area contributed by atoms with Crippen LogP contribution in [0, 0.1) is 30.6 Å². The van der Waals surface area contributed by atoms with Crippen molar-refractivity contribution < 1.29 is 0 Å². The summed E-state index contributed by atoms with van der Waals surface area (Å²) in [6.07, 6.45) is 14.3. The van der Waals surface area contributed by atoms with E-state index in [-0.39, 0.29) is 5.41 Å². The molecule has 5 aliphatic rings. The van der Waals surface area contributed by atoms with E-state index in [2.05, 4.69) is 132 Å². The van der Waals surface area contributed by atoms with Crippen molar-refractivity contribution in [2.45, 2.75) is 44.4 Å². The molecule has 3 aromatic heterocycles. The van der Waals surface area contributed by atoms with Gasteiger partial charge in [0.15, 0.2) is 0 Å². The first kappa shape index (κ1) is 30.9. The summed E-state index contributed by atoms with van der Waals surface area (Å²) in [7, 11) is 0. The Morgan fingerprint density at radius 1 is 0.472 bits per heavy atom. The monoisotopic (exact) mass is 683 g/mol. The number of hydrogen-bond acceptors (Lipinski definition) is 3. The maximum absolute atomic E-state index is 5.31. The molecule has 0 aliphatic heterocycles. The molecule has 1 spiro atoms. The van der Waals surface area contributed by atoms with Crippen LogP contribution in [0.4, 0.5) is 0 Å². The number of rotatable bonds is 5. The highest BCUT2D eigenvalue weighted by atomic mass is 14.7. The summed E-state index contributed by atoms with van der Waals surface area (Å²) in [6, 6.07) is 45.4. The van der Waals surface area contributed by atoms with Crippen LogP contribution in [-0.4, -0.2) is 15.0 Å². The average molecular weight is 684 g/mol. The van der Waals surface area contributed by atoms with Gasteiger partial charge in [-0.1, -0.05) is 66.7 Å². The number of nitrogens with zero attached hydrogens (tertiary/aromatic N) is 3. The Morgan fingerprint density at radius 2 is 1.17 bits per heavy atom. The summed E-state index contributed by atoms with van der Waals surface area (Å²) in [5.41, 5.74) is 19.0. The average Bonchev–Trinajstić information content (AvgIpc) is 3.50. The first-order chi connectivity index (χ1) is 26.1. The minimum Gasteiger partial charge on any atom is -0.265 e. The Morgan fingerprint density at radius 3 is 1.92 bits per heavy atom. The van der Waals surface area contributed by atoms with Gasteiger partial charge in [0.05, 0.1) is 11.4 Å². The molecule has 3 heterocycles. The van der Waals surface area contributed by atoms with Crippen LogP contribution in [0.15, 0.2) is 146 Å². The lowest BCUT2D eigenvalue weighted by atomic mass is 9.42. The molecule has 3 nitrogen and oxygen atoms in total. The van der Waals surface area contributed by atoms with E-state index in [4.69, 9.17) is 4.98 Å². The van der Waals surface area contributed by atoms with Gasteiger partial charge < -0.3 is 0 Å². The summed E-state index contributed by atoms with van der Waals surface area (Å²) < 4.78 is 0. The highest BCUT2D eigenvalue weighted by Crippen LogP contribution is 2.70. The van der Waals surface area contributed by atoms with E-state index >= 15 is 0 Å². The second-order valence-corrected chi connectivity index (χ2v) is 16.2. The second kappa shape index (κ2) is 11.9. The zero-order valence-corrected chi connectivity index (χ0v) is 30.0. The van der Waals surface area contributed by atoms with E-state index in [1.165, 1.54) is 71.0 Å². The molecule has 256 valence electrons. The molecule has 5 aliphatic carbocycles. The van der Waals surface area contributed by atoms with Crippen LogP contribution in [0.25, 0.3) is 67.0 Å². The third kappa shape index (κ3) is 4.83. The van der Waals surface area contributed by atoms with E-state index in [0.29, 0.717) is 11.8 Å². The first-order valence-corrected chi connectivity index (χ1v) is 19.4. The summed E-state index contributed by atoms with van der Waals surface area (Å²) in [5, 5.41) is 0. The predicted molar refractivity (Wildman–Crippen MR) is 215 cm³/mol. The van der Waals surface area contributed by atoms with E-state index in [0.717, 1.165) is 45.5 Å². The fourth-order valence-corrected chi connectivity index (χ4v) is 11.4. The minimum absolute atomic E-state index is 0.0381. The molecule has 4 fully saturated rings. The number of pyridine rings is 3. The van der Waals surface area contributed by atoms with Gasteiger partial charge in [-0.3, -0.25) is 9.97 Å². The van der Waals surface area contributed by atoms with Gasteiger partial charge in [0, 0.05) is 41.3 Å². The topological polar surface area (TPSA) is 38.7 Å². The highest BCUT2D eigenvalue weighted by Gasteiger charge is 2.62. The van der Waals surface area contributed by atoms with Gasteiger partial charge in [-0.15, -0.1) is 0 Å². The fourth-order valence-electron chi connectivity index (χ4n) is 11.4. The number of hydrogen-bond donors (Lipinski definition) is 0. The van der Waals surface area contributed by atoms with Crippen molar-refractivity contribution in [3.63, 3.8) is 0 Å². The van der Waals surface area contributed by atoms with Crippen molar-refractivity contribution in [2.24, 2.45) is 23.7 Å². The van der Waals surface area contributed by atoms with Crippen LogP contribution in [0.1, 0.15) is 48.8 Å². The highest BCUT2D eigenvalue weighted by molar-refractivity contribution is 5.91. The van der Waals surface area contributed by atoms with Crippen molar-refractivity contribution in [1.82, 2.24) is 15.0 Å². The fraction of sp³-hybridized carbons (Fsp3) is 0.220. The Kier molecular flexibility index (Phi) is 6.96. The molecule has 0 N–H and O–H groups in total. The van der Waals surface area contributed by atoms with E-state index in [9.17, 15) is 0 Å². The molecule has 0 amide bonds. The standard InChI is InChI=1S/C50H41N3/c1-31-19-39(26-40(20-31)48-29-38(35-14-17-51-18-15-35)28-47(53-48)37-9-6-16-52-30-37)43-10-5-11-45-44-13-12-36(34-7-3-2-4-8-34)27-46(44)50(49(43)45)41-22-32-21-33(24-41)25-42(50)23-32/h2-20,26-30,32-33,41-42H,21-25H2,1H3. The number of aryl methyl sites for hydroxylation is 1. The number of fused-ring (bicyclic) bond motifs is 3. The summed E-state index contributed by atoms with van der Waals surface area (Å²) in [4.78, 5) is 14.0. The molecular weight excluding hydrogens is 643 g/mol. The molecule has 7 aromatic rings. The van der Waals surface area contributed by atoms with Gasteiger partial charge in [-0.2, -0.15) is 0 Å². The molecular formula is C50H41N3. The Balaban J connectivity index is 1.11. The van der Waals surface area contributed by atoms with Crippen molar-refractivity contribution in [1.29, 1.82) is 0 Å². The molecule has 0 unspecified atom stereocenters. The summed E-state index contributed by atoms with van der Waals surface area (Å²) in [5.74, 6) is 3.13. The molecule has 0 radical (unpaired) electrons. The van der Waals surface area contributed by atoms with Gasteiger partial charge in [0.2, 0.25) is 0 Å². The molecule has 53 heavy (non-hydrogen) atoms. The van der Waals surface area contributed by atoms with Gasteiger partial charge in [0.1, 0.15) is 0 Å². The zero-order valence-electron chi connectivity index (χ0n) is 30.0. The second-order valence-electron chi connectivity index (χ2n) is 16.2. The Bertz CT molecular complexity index is 2440. The lowest BCUT2D eigenvalue weighted by Crippen LogP contribution is -2.55. The number of benzene rings is 4. The van der Waals surface area contributed by atoms with Crippen LogP contribution in [0.2, 0.25) is 0 Å². The van der Waals surface area contributed by atoms with Crippen LogP contribution in [0.3, 0.4) is 0 Å². The van der Waals surface area contributed by atoms with E-state index < -0.39 is 0 Å². The van der Waals surface area contributed by atoms with Crippen LogP contribution in [0.5, 0.6) is 0 Å². The largest absolute Gasteiger partial charge is 0.265 e. The predicted octanol–water partition coefficient (Wildman–Crippen LogP) is 12.2. The summed E-state index contributed by atoms with van der Waals surface area (Å²) in [6.45, 7) is 2.24. The smallest absolute Gasteiger partial charge is 0.0731 e. The molecule has 3 heteroatoms. The van der Waals surface area contributed by atoms with Gasteiger partial charge >= 0.3 is 0 Å². The maximum Gasteiger partial charge on any atom is 0.0731 e. The molecule has 12 rings (SSSR count). The molecule has 4 bridgehead atoms. The minimum atomic E-state index is 0.0381. The Labute approximate surface area is 311 Å². The van der Waals surface area contributed by atoms with E-state index in [1.807, 2.05) is 30.9 Å². The van der Waals surface area contributed by atoms with Gasteiger partial charge in [0.25, 0.3) is 0 Å². The maximum atomic E-state index is 5.31. The summed E-state index contributed by atoms with van der Waals surface area (Å²) >= 11 is 0. The van der Waals surface area contributed by atoms with Crippen LogP contribution in [-0.2, 0) is 5.41 Å². The van der Waals surface area contributed by atoms with Gasteiger partial charge in [-0.25, -0.2) is 4.98 Å². The lowest BCUT2D eigenvalue weighted by molar-refractivity contribution is -0.0397. The Hall–Kier alpha value is -5.67. The molecule has 0 saturated heterocycles. The van der Waals surface area contributed by atoms with Crippen molar-refractivity contribution >= 4 is 0 Å². The van der Waals surface area contributed by atoms with Crippen molar-refractivity contribution in [3.05, 3.63) is 163 Å². The lowest BCUT2D eigenvalue weighted by Gasteiger charge is -2.61. The number of aromatic nitrogens is 3. The van der Waals surface area contributed by atoms with Crippen LogP contribution < -0.4 is 0 Å². The van der Waals surface area contributed by atoms with E-state index in [1.54, 1.807) is 11.1 Å². The quantitative estimate of drug-likeness (QED) is 0.181. The van der Waals surface area contributed by atoms with Crippen LogP contribution >= 0.6 is 0 Å². The molecule has 4 saturated carbocycles. The molecule has 0 atom stereocenters. The SMILES string of the molecule is Cc1cc(-c2cc(-c3ccncc3)cc(-c3cccnc3)n2)cc(-c2cccc3c2C2(c4cc(-c5ccccc5)ccc4-3)C3CC4CC(C3)CC2C4)c1.